The number of nitrogens with zero attached hydrogens (tertiary/aromatic N) is 3. The lowest BCUT2D eigenvalue weighted by atomic mass is 10.2. The zero-order chi connectivity index (χ0) is 12.3. The van der Waals surface area contributed by atoms with Crippen LogP contribution in [0.1, 0.15) is 16.2 Å². The van der Waals surface area contributed by atoms with Crippen molar-refractivity contribution in [3.8, 4) is 0 Å². The molecular formula is C11H16BrN3O2. The van der Waals surface area contributed by atoms with Crippen molar-refractivity contribution < 1.29 is 9.32 Å². The minimum Gasteiger partial charge on any atom is -0.361 e. The molecule has 1 saturated heterocycles. The van der Waals surface area contributed by atoms with Crippen LogP contribution < -0.4 is 0 Å². The van der Waals surface area contributed by atoms with E-state index in [9.17, 15) is 4.79 Å². The van der Waals surface area contributed by atoms with E-state index in [0.29, 0.717) is 11.5 Å². The molecule has 1 fully saturated rings. The predicted molar refractivity (Wildman–Crippen MR) is 67.4 cm³/mol. The van der Waals surface area contributed by atoms with E-state index < -0.39 is 0 Å². The summed E-state index contributed by atoms with van der Waals surface area (Å²) in [5.74, 6) is 0.645. The fourth-order valence-electron chi connectivity index (χ4n) is 1.92. The Balaban J connectivity index is 1.90. The summed E-state index contributed by atoms with van der Waals surface area (Å²) in [6, 6.07) is 1.69. The second-order valence-corrected chi connectivity index (χ2v) is 4.94. The first kappa shape index (κ1) is 12.6. The molecule has 1 aliphatic heterocycles. The topological polar surface area (TPSA) is 49.6 Å². The molecule has 0 bridgehead atoms. The van der Waals surface area contributed by atoms with E-state index in [0.717, 1.165) is 38.1 Å². The summed E-state index contributed by atoms with van der Waals surface area (Å²) in [4.78, 5) is 16.2. The normalized spacial score (nSPS) is 17.4. The Morgan fingerprint density at radius 1 is 1.47 bits per heavy atom. The Labute approximate surface area is 109 Å². The third-order valence-electron chi connectivity index (χ3n) is 2.91. The van der Waals surface area contributed by atoms with Crippen molar-refractivity contribution in [1.82, 2.24) is 15.0 Å². The van der Waals surface area contributed by atoms with Crippen LogP contribution in [0, 0.1) is 6.92 Å². The van der Waals surface area contributed by atoms with Gasteiger partial charge in [-0.15, -0.1) is 0 Å². The van der Waals surface area contributed by atoms with E-state index >= 15 is 0 Å². The maximum absolute atomic E-state index is 12.1. The van der Waals surface area contributed by atoms with Crippen LogP contribution in [-0.4, -0.2) is 58.9 Å². The summed E-state index contributed by atoms with van der Waals surface area (Å²) in [5, 5.41) is 4.73. The van der Waals surface area contributed by atoms with Crippen molar-refractivity contribution in [2.24, 2.45) is 0 Å². The molecule has 0 aromatic carbocycles. The van der Waals surface area contributed by atoms with Crippen LogP contribution in [-0.2, 0) is 0 Å². The van der Waals surface area contributed by atoms with Gasteiger partial charge in [0.15, 0.2) is 5.69 Å². The summed E-state index contributed by atoms with van der Waals surface area (Å²) in [6.45, 7) is 6.20. The summed E-state index contributed by atoms with van der Waals surface area (Å²) in [6.07, 6.45) is 0. The highest BCUT2D eigenvalue weighted by Crippen LogP contribution is 2.09. The van der Waals surface area contributed by atoms with Crippen molar-refractivity contribution in [2.45, 2.75) is 6.92 Å². The van der Waals surface area contributed by atoms with E-state index in [2.05, 4.69) is 26.0 Å². The lowest BCUT2D eigenvalue weighted by molar-refractivity contribution is 0.0635. The highest BCUT2D eigenvalue weighted by Gasteiger charge is 2.23. The maximum atomic E-state index is 12.1. The van der Waals surface area contributed by atoms with Crippen molar-refractivity contribution in [1.29, 1.82) is 0 Å². The number of amides is 1. The standard InChI is InChI=1S/C11H16BrN3O2/c1-9-8-10(13-17-9)11(16)15-6-4-14(3-2-12)5-7-15/h8H,2-7H2,1H3. The quantitative estimate of drug-likeness (QED) is 0.786. The minimum absolute atomic E-state index is 0.0275. The number of hydrogen-bond donors (Lipinski definition) is 0. The van der Waals surface area contributed by atoms with Gasteiger partial charge in [0.2, 0.25) is 0 Å². The molecule has 6 heteroatoms. The van der Waals surface area contributed by atoms with Gasteiger partial charge in [-0.3, -0.25) is 9.69 Å². The Hall–Kier alpha value is -0.880. The van der Waals surface area contributed by atoms with Gasteiger partial charge in [0.1, 0.15) is 5.76 Å². The van der Waals surface area contributed by atoms with Crippen LogP contribution in [0.5, 0.6) is 0 Å². The van der Waals surface area contributed by atoms with Gasteiger partial charge in [-0.25, -0.2) is 0 Å². The lowest BCUT2D eigenvalue weighted by Gasteiger charge is -2.33. The fraction of sp³-hybridized carbons (Fsp3) is 0.636. The number of carbonyl (C=O) groups is 1. The fourth-order valence-corrected chi connectivity index (χ4v) is 2.42. The minimum atomic E-state index is -0.0275. The van der Waals surface area contributed by atoms with E-state index in [-0.39, 0.29) is 5.91 Å². The number of hydrogen-bond acceptors (Lipinski definition) is 4. The van der Waals surface area contributed by atoms with E-state index in [1.807, 2.05) is 4.90 Å². The van der Waals surface area contributed by atoms with Crippen LogP contribution in [0.15, 0.2) is 10.6 Å². The number of aryl methyl sites for hydroxylation is 1. The van der Waals surface area contributed by atoms with Gasteiger partial charge in [-0.1, -0.05) is 21.1 Å². The van der Waals surface area contributed by atoms with Gasteiger partial charge in [-0.05, 0) is 6.92 Å². The third-order valence-corrected chi connectivity index (χ3v) is 3.26. The zero-order valence-electron chi connectivity index (χ0n) is 9.86. The molecule has 0 saturated carbocycles. The molecule has 1 aromatic rings. The van der Waals surface area contributed by atoms with Crippen molar-refractivity contribution >= 4 is 21.8 Å². The Bertz CT molecular complexity index is 386. The van der Waals surface area contributed by atoms with Gasteiger partial charge in [0, 0.05) is 44.1 Å². The molecule has 0 aliphatic carbocycles. The first-order chi connectivity index (χ1) is 8.20. The Morgan fingerprint density at radius 3 is 2.71 bits per heavy atom. The van der Waals surface area contributed by atoms with Crippen LogP contribution in [0.3, 0.4) is 0 Å². The van der Waals surface area contributed by atoms with Crippen LogP contribution >= 0.6 is 15.9 Å². The summed E-state index contributed by atoms with van der Waals surface area (Å²) in [5.41, 5.74) is 0.413. The molecule has 0 N–H and O–H groups in total. The monoisotopic (exact) mass is 301 g/mol. The molecule has 1 aliphatic rings. The van der Waals surface area contributed by atoms with Crippen LogP contribution in [0.25, 0.3) is 0 Å². The number of halogens is 1. The summed E-state index contributed by atoms with van der Waals surface area (Å²) < 4.78 is 4.92. The molecule has 1 amide bonds. The molecular weight excluding hydrogens is 286 g/mol. The molecule has 0 unspecified atom stereocenters. The number of piperazine rings is 1. The van der Waals surface area contributed by atoms with Gasteiger partial charge in [0.05, 0.1) is 0 Å². The highest BCUT2D eigenvalue weighted by molar-refractivity contribution is 9.09. The van der Waals surface area contributed by atoms with Crippen molar-refractivity contribution in [3.63, 3.8) is 0 Å². The summed E-state index contributed by atoms with van der Waals surface area (Å²) >= 11 is 3.42. The average Bonchev–Trinajstić information content (AvgIpc) is 2.76. The predicted octanol–water partition coefficient (Wildman–Crippen LogP) is 1.14. The smallest absolute Gasteiger partial charge is 0.276 e. The van der Waals surface area contributed by atoms with Crippen molar-refractivity contribution in [2.75, 3.05) is 38.1 Å². The second-order valence-electron chi connectivity index (χ2n) is 4.15. The molecule has 0 spiro atoms. The third kappa shape index (κ3) is 3.07. The number of carbonyl (C=O) groups excluding carboxylic acids is 1. The maximum Gasteiger partial charge on any atom is 0.276 e. The lowest BCUT2D eigenvalue weighted by Crippen LogP contribution is -2.49. The van der Waals surface area contributed by atoms with Crippen LogP contribution in [0.4, 0.5) is 0 Å². The van der Waals surface area contributed by atoms with E-state index in [1.165, 1.54) is 0 Å². The average molecular weight is 302 g/mol. The molecule has 2 rings (SSSR count). The Morgan fingerprint density at radius 2 is 2.18 bits per heavy atom. The van der Waals surface area contributed by atoms with Gasteiger partial charge >= 0.3 is 0 Å². The molecule has 1 aromatic heterocycles. The SMILES string of the molecule is Cc1cc(C(=O)N2CCN(CCBr)CC2)no1. The molecule has 94 valence electrons. The number of rotatable bonds is 3. The molecule has 0 atom stereocenters. The highest BCUT2D eigenvalue weighted by atomic mass is 79.9. The van der Waals surface area contributed by atoms with Crippen LogP contribution in [0.2, 0.25) is 0 Å². The number of aromatic nitrogens is 1. The largest absolute Gasteiger partial charge is 0.361 e. The van der Waals surface area contributed by atoms with E-state index in [1.54, 1.807) is 13.0 Å². The molecule has 2 heterocycles. The van der Waals surface area contributed by atoms with Gasteiger partial charge in [-0.2, -0.15) is 0 Å². The molecule has 17 heavy (non-hydrogen) atoms. The molecule has 0 radical (unpaired) electrons. The first-order valence-electron chi connectivity index (χ1n) is 5.71. The number of alkyl halides is 1. The first-order valence-corrected chi connectivity index (χ1v) is 6.84. The second kappa shape index (κ2) is 5.64. The van der Waals surface area contributed by atoms with E-state index in [4.69, 9.17) is 4.52 Å². The summed E-state index contributed by atoms with van der Waals surface area (Å²) in [7, 11) is 0. The molecule has 5 nitrogen and oxygen atoms in total. The van der Waals surface area contributed by atoms with Gasteiger partial charge in [0.25, 0.3) is 5.91 Å². The van der Waals surface area contributed by atoms with Gasteiger partial charge < -0.3 is 9.42 Å². The van der Waals surface area contributed by atoms with Crippen molar-refractivity contribution in [3.05, 3.63) is 17.5 Å². The zero-order valence-corrected chi connectivity index (χ0v) is 11.4. The Kier molecular flexibility index (Phi) is 4.17.